The zero-order valence-corrected chi connectivity index (χ0v) is 17.2. The third-order valence-corrected chi connectivity index (χ3v) is 4.42. The quantitative estimate of drug-likeness (QED) is 0.391. The zero-order valence-electron chi connectivity index (χ0n) is 17.2. The largest absolute Gasteiger partial charge is 0.494 e. The van der Waals surface area contributed by atoms with Gasteiger partial charge in [0.15, 0.2) is 11.5 Å². The minimum absolute atomic E-state index is 0.0978. The molecular formula is C20H26N4O6. The second-order valence-electron chi connectivity index (χ2n) is 6.48. The van der Waals surface area contributed by atoms with Crippen LogP contribution >= 0.6 is 0 Å². The topological polar surface area (TPSA) is 135 Å². The molecule has 10 heteroatoms. The molecule has 0 bridgehead atoms. The lowest BCUT2D eigenvalue weighted by atomic mass is 10.1. The van der Waals surface area contributed by atoms with Crippen LogP contribution in [0.15, 0.2) is 32.9 Å². The highest BCUT2D eigenvalue weighted by atomic mass is 16.5. The minimum atomic E-state index is -0.800. The zero-order chi connectivity index (χ0) is 22.1. The summed E-state index contributed by atoms with van der Waals surface area (Å²) in [6, 6.07) is 5.31. The molecule has 3 N–H and O–H groups in total. The van der Waals surface area contributed by atoms with Gasteiger partial charge in [-0.2, -0.15) is 5.10 Å². The molecular weight excluding hydrogens is 392 g/mol. The van der Waals surface area contributed by atoms with Crippen LogP contribution in [-0.2, 0) is 17.8 Å². The number of unbranched alkanes of at least 4 members (excludes halogenated alkanes) is 1. The third kappa shape index (κ3) is 5.72. The highest BCUT2D eigenvalue weighted by Gasteiger charge is 2.13. The van der Waals surface area contributed by atoms with E-state index in [1.807, 2.05) is 13.0 Å². The molecule has 0 radical (unpaired) electrons. The van der Waals surface area contributed by atoms with Crippen LogP contribution < -0.4 is 26.1 Å². The van der Waals surface area contributed by atoms with Crippen molar-refractivity contribution < 1.29 is 19.4 Å². The number of hydrogen-bond donors (Lipinski definition) is 3. The fourth-order valence-electron chi connectivity index (χ4n) is 2.74. The Morgan fingerprint density at radius 1 is 1.27 bits per heavy atom. The van der Waals surface area contributed by atoms with E-state index in [2.05, 4.69) is 15.5 Å². The number of carbonyl (C=O) groups excluding carboxylic acids is 1. The van der Waals surface area contributed by atoms with Crippen molar-refractivity contribution in [3.63, 3.8) is 0 Å². The SMILES string of the molecule is CCCCC(=O)NN=Cc1c(O)n(CCc2ccc(OC)c(OC)c2)c(=O)[nH]c1=O. The number of ether oxygens (including phenoxy) is 2. The highest BCUT2D eigenvalue weighted by Crippen LogP contribution is 2.27. The standard InChI is InChI=1S/C20H26N4O6/c1-4-5-6-17(25)23-21-12-14-18(26)22-20(28)24(19(14)27)10-9-13-7-8-15(29-2)16(11-13)30-3/h7-8,11-12,27H,4-6,9-10H2,1-3H3,(H,23,25)(H,22,26,28). The second kappa shape index (κ2) is 10.8. The van der Waals surface area contributed by atoms with Crippen LogP contribution in [0.1, 0.15) is 37.3 Å². The smallest absolute Gasteiger partial charge is 0.331 e. The Balaban J connectivity index is 2.19. The van der Waals surface area contributed by atoms with E-state index >= 15 is 0 Å². The molecule has 0 aliphatic carbocycles. The van der Waals surface area contributed by atoms with E-state index in [1.165, 1.54) is 14.2 Å². The molecule has 162 valence electrons. The van der Waals surface area contributed by atoms with Crippen molar-refractivity contribution in [2.45, 2.75) is 39.2 Å². The van der Waals surface area contributed by atoms with E-state index in [4.69, 9.17) is 9.47 Å². The summed E-state index contributed by atoms with van der Waals surface area (Å²) in [6.45, 7) is 2.06. The Morgan fingerprint density at radius 3 is 2.67 bits per heavy atom. The first-order chi connectivity index (χ1) is 14.4. The van der Waals surface area contributed by atoms with Gasteiger partial charge >= 0.3 is 5.69 Å². The monoisotopic (exact) mass is 418 g/mol. The number of methoxy groups -OCH3 is 2. The Hall–Kier alpha value is -3.56. The van der Waals surface area contributed by atoms with Crippen LogP contribution in [0.25, 0.3) is 0 Å². The average Bonchev–Trinajstić information content (AvgIpc) is 2.73. The van der Waals surface area contributed by atoms with Gasteiger partial charge in [-0.25, -0.2) is 10.2 Å². The number of aryl methyl sites for hydroxylation is 1. The van der Waals surface area contributed by atoms with E-state index in [0.29, 0.717) is 30.8 Å². The number of amides is 1. The van der Waals surface area contributed by atoms with E-state index < -0.39 is 17.1 Å². The first kappa shape index (κ1) is 22.7. The predicted molar refractivity (Wildman–Crippen MR) is 111 cm³/mol. The van der Waals surface area contributed by atoms with Crippen molar-refractivity contribution in [1.29, 1.82) is 0 Å². The number of aromatic amines is 1. The van der Waals surface area contributed by atoms with E-state index in [0.717, 1.165) is 22.8 Å². The molecule has 0 saturated heterocycles. The molecule has 2 aromatic rings. The summed E-state index contributed by atoms with van der Waals surface area (Å²) in [5.74, 6) is 0.283. The fourth-order valence-corrected chi connectivity index (χ4v) is 2.74. The van der Waals surface area contributed by atoms with E-state index in [9.17, 15) is 19.5 Å². The number of nitrogens with zero attached hydrogens (tertiary/aromatic N) is 2. The Labute approximate surface area is 173 Å². The second-order valence-corrected chi connectivity index (χ2v) is 6.48. The van der Waals surface area contributed by atoms with Gasteiger partial charge in [-0.05, 0) is 30.5 Å². The van der Waals surface area contributed by atoms with Crippen LogP contribution in [0.5, 0.6) is 17.4 Å². The van der Waals surface area contributed by atoms with E-state index in [-0.39, 0.29) is 18.0 Å². The van der Waals surface area contributed by atoms with Crippen molar-refractivity contribution in [1.82, 2.24) is 15.0 Å². The summed E-state index contributed by atoms with van der Waals surface area (Å²) in [5, 5.41) is 14.1. The molecule has 1 aromatic carbocycles. The summed E-state index contributed by atoms with van der Waals surface area (Å²) in [6.07, 6.45) is 3.28. The van der Waals surface area contributed by atoms with Crippen LogP contribution in [0.4, 0.5) is 0 Å². The molecule has 0 saturated carbocycles. The number of hydrogen-bond acceptors (Lipinski definition) is 7. The molecule has 0 aliphatic rings. The Bertz CT molecular complexity index is 1020. The summed E-state index contributed by atoms with van der Waals surface area (Å²) in [4.78, 5) is 37.9. The molecule has 0 spiro atoms. The molecule has 10 nitrogen and oxygen atoms in total. The van der Waals surface area contributed by atoms with Crippen molar-refractivity contribution in [2.75, 3.05) is 14.2 Å². The number of hydrazone groups is 1. The van der Waals surface area contributed by atoms with Crippen molar-refractivity contribution >= 4 is 12.1 Å². The third-order valence-electron chi connectivity index (χ3n) is 4.42. The lowest BCUT2D eigenvalue weighted by molar-refractivity contribution is -0.121. The summed E-state index contributed by atoms with van der Waals surface area (Å²) in [5.41, 5.74) is 1.35. The number of nitrogens with one attached hydrogen (secondary N) is 2. The highest BCUT2D eigenvalue weighted by molar-refractivity contribution is 5.83. The molecule has 1 aromatic heterocycles. The van der Waals surface area contributed by atoms with Crippen molar-refractivity contribution in [3.8, 4) is 17.4 Å². The first-order valence-electron chi connectivity index (χ1n) is 9.50. The lowest BCUT2D eigenvalue weighted by Gasteiger charge is -2.12. The van der Waals surface area contributed by atoms with Gasteiger partial charge in [0.25, 0.3) is 5.56 Å². The van der Waals surface area contributed by atoms with Gasteiger partial charge in [0.1, 0.15) is 5.56 Å². The first-order valence-corrected chi connectivity index (χ1v) is 9.50. The van der Waals surface area contributed by atoms with Gasteiger partial charge in [0, 0.05) is 13.0 Å². The molecule has 30 heavy (non-hydrogen) atoms. The summed E-state index contributed by atoms with van der Waals surface area (Å²) < 4.78 is 11.5. The maximum Gasteiger partial charge on any atom is 0.331 e. The van der Waals surface area contributed by atoms with Crippen molar-refractivity contribution in [2.24, 2.45) is 5.10 Å². The van der Waals surface area contributed by atoms with Crippen LogP contribution in [-0.4, -0.2) is 41.0 Å². The summed E-state index contributed by atoms with van der Waals surface area (Å²) in [7, 11) is 3.05. The number of aromatic nitrogens is 2. The number of rotatable bonds is 10. The fraction of sp³-hybridized carbons (Fsp3) is 0.400. The Morgan fingerprint density at radius 2 is 2.00 bits per heavy atom. The number of aromatic hydroxyl groups is 1. The number of carbonyl (C=O) groups is 1. The normalized spacial score (nSPS) is 10.9. The molecule has 0 aliphatic heterocycles. The molecule has 1 amide bonds. The Kier molecular flexibility index (Phi) is 8.21. The van der Waals surface area contributed by atoms with Gasteiger partial charge < -0.3 is 14.6 Å². The van der Waals surface area contributed by atoms with Crippen LogP contribution in [0, 0.1) is 0 Å². The van der Waals surface area contributed by atoms with Crippen LogP contribution in [0.3, 0.4) is 0 Å². The van der Waals surface area contributed by atoms with Crippen LogP contribution in [0.2, 0.25) is 0 Å². The molecule has 2 rings (SSSR count). The molecule has 0 fully saturated rings. The summed E-state index contributed by atoms with van der Waals surface area (Å²) >= 11 is 0. The van der Waals surface area contributed by atoms with Gasteiger partial charge in [-0.1, -0.05) is 19.4 Å². The lowest BCUT2D eigenvalue weighted by Crippen LogP contribution is -2.33. The molecule has 1 heterocycles. The number of H-pyrrole nitrogens is 1. The average molecular weight is 418 g/mol. The predicted octanol–water partition coefficient (Wildman–Crippen LogP) is 1.14. The molecule has 0 unspecified atom stereocenters. The van der Waals surface area contributed by atoms with Gasteiger partial charge in [0.2, 0.25) is 11.8 Å². The van der Waals surface area contributed by atoms with Crippen molar-refractivity contribution in [3.05, 3.63) is 50.2 Å². The maximum atomic E-state index is 12.1. The molecule has 0 atom stereocenters. The van der Waals surface area contributed by atoms with Gasteiger partial charge in [-0.15, -0.1) is 0 Å². The van der Waals surface area contributed by atoms with Gasteiger partial charge in [0.05, 0.1) is 20.4 Å². The van der Waals surface area contributed by atoms with Gasteiger partial charge in [-0.3, -0.25) is 19.1 Å². The minimum Gasteiger partial charge on any atom is -0.494 e. The maximum absolute atomic E-state index is 12.1. The number of benzene rings is 1. The van der Waals surface area contributed by atoms with E-state index in [1.54, 1.807) is 12.1 Å².